The Morgan fingerprint density at radius 2 is 2.41 bits per heavy atom. The van der Waals surface area contributed by atoms with Crippen molar-refractivity contribution in [3.8, 4) is 0 Å². The van der Waals surface area contributed by atoms with Gasteiger partial charge in [-0.25, -0.2) is 0 Å². The Morgan fingerprint density at radius 1 is 1.65 bits per heavy atom. The maximum atomic E-state index is 11.2. The average Bonchev–Trinajstić information content (AvgIpc) is 2.64. The number of likely N-dealkylation sites (tertiary alicyclic amines) is 1. The Morgan fingerprint density at radius 3 is 3.00 bits per heavy atom. The van der Waals surface area contributed by atoms with Crippen LogP contribution < -0.4 is 0 Å². The van der Waals surface area contributed by atoms with Crippen LogP contribution in [-0.4, -0.2) is 43.8 Å². The third-order valence-electron chi connectivity index (χ3n) is 3.46. The van der Waals surface area contributed by atoms with Crippen molar-refractivity contribution in [1.29, 1.82) is 0 Å². The van der Waals surface area contributed by atoms with Gasteiger partial charge in [-0.05, 0) is 26.3 Å². The highest BCUT2D eigenvalue weighted by atomic mass is 16.4. The first-order valence-corrected chi connectivity index (χ1v) is 5.80. The van der Waals surface area contributed by atoms with Crippen molar-refractivity contribution in [2.75, 3.05) is 13.1 Å². The number of piperidine rings is 1. The molecule has 0 aromatic carbocycles. The van der Waals surface area contributed by atoms with E-state index in [1.54, 1.807) is 6.33 Å². The number of carbonyl (C=O) groups is 1. The highest BCUT2D eigenvalue weighted by Crippen LogP contribution is 2.30. The Kier molecular flexibility index (Phi) is 3.15. The summed E-state index contributed by atoms with van der Waals surface area (Å²) in [5.41, 5.74) is -0.628. The van der Waals surface area contributed by atoms with E-state index in [0.717, 1.165) is 25.2 Å². The summed E-state index contributed by atoms with van der Waals surface area (Å²) < 4.78 is 1.87. The van der Waals surface area contributed by atoms with Crippen LogP contribution in [0.3, 0.4) is 0 Å². The minimum absolute atomic E-state index is 0.579. The van der Waals surface area contributed by atoms with E-state index in [-0.39, 0.29) is 0 Å². The number of aryl methyl sites for hydroxylation is 1. The fourth-order valence-electron chi connectivity index (χ4n) is 2.30. The molecule has 0 aliphatic carbocycles. The fourth-order valence-corrected chi connectivity index (χ4v) is 2.30. The lowest BCUT2D eigenvalue weighted by molar-refractivity contribution is -0.151. The number of hydrogen-bond acceptors (Lipinski definition) is 4. The highest BCUT2D eigenvalue weighted by molar-refractivity contribution is 5.74. The molecule has 0 spiro atoms. The third kappa shape index (κ3) is 2.46. The molecular weight excluding hydrogens is 220 g/mol. The van der Waals surface area contributed by atoms with Gasteiger partial charge in [0.15, 0.2) is 0 Å². The van der Waals surface area contributed by atoms with Crippen molar-refractivity contribution in [3.05, 3.63) is 12.2 Å². The zero-order valence-electron chi connectivity index (χ0n) is 10.3. The molecule has 6 heteroatoms. The summed E-state index contributed by atoms with van der Waals surface area (Å²) in [6.45, 7) is 3.99. The highest BCUT2D eigenvalue weighted by Gasteiger charge is 2.37. The van der Waals surface area contributed by atoms with Crippen LogP contribution in [0, 0.1) is 5.41 Å². The molecule has 0 bridgehead atoms. The second kappa shape index (κ2) is 4.44. The number of rotatable bonds is 3. The first-order chi connectivity index (χ1) is 8.01. The number of carboxylic acid groups (broad SMARTS) is 1. The van der Waals surface area contributed by atoms with Gasteiger partial charge in [-0.15, -0.1) is 10.2 Å². The minimum Gasteiger partial charge on any atom is -0.481 e. The van der Waals surface area contributed by atoms with Crippen LogP contribution in [0.25, 0.3) is 0 Å². The van der Waals surface area contributed by atoms with Crippen LogP contribution in [0.5, 0.6) is 0 Å². The van der Waals surface area contributed by atoms with Crippen LogP contribution in [0.2, 0.25) is 0 Å². The van der Waals surface area contributed by atoms with E-state index in [1.807, 2.05) is 18.5 Å². The first kappa shape index (κ1) is 12.0. The zero-order valence-corrected chi connectivity index (χ0v) is 10.3. The average molecular weight is 238 g/mol. The van der Waals surface area contributed by atoms with Crippen molar-refractivity contribution in [2.24, 2.45) is 12.5 Å². The van der Waals surface area contributed by atoms with Gasteiger partial charge in [-0.2, -0.15) is 0 Å². The van der Waals surface area contributed by atoms with E-state index in [0.29, 0.717) is 13.1 Å². The lowest BCUT2D eigenvalue weighted by atomic mass is 9.82. The molecule has 0 amide bonds. The van der Waals surface area contributed by atoms with Gasteiger partial charge >= 0.3 is 5.97 Å². The molecule has 2 rings (SSSR count). The van der Waals surface area contributed by atoms with Crippen molar-refractivity contribution in [3.63, 3.8) is 0 Å². The van der Waals surface area contributed by atoms with E-state index in [1.165, 1.54) is 0 Å². The molecule has 2 heterocycles. The third-order valence-corrected chi connectivity index (χ3v) is 3.46. The summed E-state index contributed by atoms with van der Waals surface area (Å²) in [5, 5.41) is 17.1. The van der Waals surface area contributed by atoms with Gasteiger partial charge in [-0.1, -0.05) is 0 Å². The van der Waals surface area contributed by atoms with Gasteiger partial charge < -0.3 is 9.67 Å². The Hall–Kier alpha value is -1.43. The minimum atomic E-state index is -0.708. The van der Waals surface area contributed by atoms with Crippen molar-refractivity contribution in [1.82, 2.24) is 19.7 Å². The molecule has 94 valence electrons. The van der Waals surface area contributed by atoms with Gasteiger partial charge in [0.1, 0.15) is 12.2 Å². The lowest BCUT2D eigenvalue weighted by Crippen LogP contribution is -2.45. The van der Waals surface area contributed by atoms with Crippen LogP contribution in [-0.2, 0) is 18.4 Å². The number of hydrogen-bond donors (Lipinski definition) is 1. The Labute approximate surface area is 100 Å². The maximum absolute atomic E-state index is 11.2. The lowest BCUT2D eigenvalue weighted by Gasteiger charge is -2.37. The summed E-state index contributed by atoms with van der Waals surface area (Å²) >= 11 is 0. The van der Waals surface area contributed by atoms with Gasteiger partial charge in [0.05, 0.1) is 12.0 Å². The van der Waals surface area contributed by atoms with Crippen LogP contribution >= 0.6 is 0 Å². The number of nitrogens with zero attached hydrogens (tertiary/aromatic N) is 4. The summed E-state index contributed by atoms with van der Waals surface area (Å²) in [4.78, 5) is 13.4. The molecule has 0 radical (unpaired) electrons. The Balaban J connectivity index is 2.03. The van der Waals surface area contributed by atoms with E-state index in [2.05, 4.69) is 15.1 Å². The van der Waals surface area contributed by atoms with Crippen molar-refractivity contribution in [2.45, 2.75) is 26.3 Å². The molecule has 1 aromatic heterocycles. The second-order valence-corrected chi connectivity index (χ2v) is 5.04. The van der Waals surface area contributed by atoms with Crippen LogP contribution in [0.4, 0.5) is 0 Å². The first-order valence-electron chi connectivity index (χ1n) is 5.80. The molecule has 1 saturated heterocycles. The molecule has 1 aliphatic rings. The van der Waals surface area contributed by atoms with Gasteiger partial charge in [0, 0.05) is 13.6 Å². The predicted octanol–water partition coefficient (Wildman–Crippen LogP) is 0.502. The SMILES string of the molecule is Cn1cnnc1CN1CCCC(C)(C(=O)O)C1. The van der Waals surface area contributed by atoms with Crippen molar-refractivity contribution >= 4 is 5.97 Å². The molecule has 1 aromatic rings. The molecule has 1 fully saturated rings. The van der Waals surface area contributed by atoms with E-state index >= 15 is 0 Å². The number of carboxylic acids is 1. The molecule has 1 atom stereocenters. The fraction of sp³-hybridized carbons (Fsp3) is 0.727. The zero-order chi connectivity index (χ0) is 12.5. The molecular formula is C11H18N4O2. The van der Waals surface area contributed by atoms with E-state index in [9.17, 15) is 9.90 Å². The largest absolute Gasteiger partial charge is 0.481 e. The standard InChI is InChI=1S/C11H18N4O2/c1-11(10(16)17)4-3-5-15(7-11)6-9-13-12-8-14(9)2/h8H,3-7H2,1-2H3,(H,16,17). The topological polar surface area (TPSA) is 71.2 Å². The summed E-state index contributed by atoms with van der Waals surface area (Å²) in [6, 6.07) is 0. The van der Waals surface area contributed by atoms with Gasteiger partial charge in [0.25, 0.3) is 0 Å². The van der Waals surface area contributed by atoms with E-state index in [4.69, 9.17) is 0 Å². The van der Waals surface area contributed by atoms with Crippen LogP contribution in [0.1, 0.15) is 25.6 Å². The molecule has 0 saturated carbocycles. The summed E-state index contributed by atoms with van der Waals surface area (Å²) in [5.74, 6) is 0.166. The van der Waals surface area contributed by atoms with Gasteiger partial charge in [0.2, 0.25) is 0 Å². The molecule has 1 unspecified atom stereocenters. The quantitative estimate of drug-likeness (QED) is 0.830. The molecule has 17 heavy (non-hydrogen) atoms. The normalized spacial score (nSPS) is 26.0. The second-order valence-electron chi connectivity index (χ2n) is 5.04. The Bertz CT molecular complexity index is 417. The summed E-state index contributed by atoms with van der Waals surface area (Å²) in [6.07, 6.45) is 3.33. The predicted molar refractivity (Wildman–Crippen MR) is 61.3 cm³/mol. The molecule has 1 N–H and O–H groups in total. The van der Waals surface area contributed by atoms with Crippen LogP contribution in [0.15, 0.2) is 6.33 Å². The molecule has 6 nitrogen and oxygen atoms in total. The number of aromatic nitrogens is 3. The van der Waals surface area contributed by atoms with E-state index < -0.39 is 11.4 Å². The van der Waals surface area contributed by atoms with Crippen molar-refractivity contribution < 1.29 is 9.90 Å². The molecule has 1 aliphatic heterocycles. The van der Waals surface area contributed by atoms with Gasteiger partial charge in [-0.3, -0.25) is 9.69 Å². The maximum Gasteiger partial charge on any atom is 0.310 e. The summed E-state index contributed by atoms with van der Waals surface area (Å²) in [7, 11) is 1.90. The number of aliphatic carboxylic acids is 1. The monoisotopic (exact) mass is 238 g/mol. The smallest absolute Gasteiger partial charge is 0.310 e.